The monoisotopic (exact) mass is 355 g/mol. The van der Waals surface area contributed by atoms with Crippen LogP contribution in [0.15, 0.2) is 12.1 Å². The second-order valence-corrected chi connectivity index (χ2v) is 5.49. The minimum absolute atomic E-state index is 0.0492. The van der Waals surface area contributed by atoms with Gasteiger partial charge in [0.25, 0.3) is 5.91 Å². The summed E-state index contributed by atoms with van der Waals surface area (Å²) in [5.41, 5.74) is 4.34. The largest absolute Gasteiger partial charge is 0.493 e. The van der Waals surface area contributed by atoms with Gasteiger partial charge < -0.3 is 14.8 Å². The Morgan fingerprint density at radius 1 is 1.21 bits per heavy atom. The molecule has 0 aliphatic heterocycles. The molecule has 0 radical (unpaired) electrons. The van der Waals surface area contributed by atoms with E-state index in [0.717, 1.165) is 12.8 Å². The van der Waals surface area contributed by atoms with E-state index in [1.165, 1.54) is 19.2 Å². The molecule has 1 aliphatic rings. The molecule has 0 unspecified atom stereocenters. The fourth-order valence-electron chi connectivity index (χ4n) is 1.86. The van der Waals surface area contributed by atoms with Gasteiger partial charge >= 0.3 is 11.8 Å². The lowest BCUT2D eigenvalue weighted by Crippen LogP contribution is -2.49. The predicted molar refractivity (Wildman–Crippen MR) is 85.9 cm³/mol. The number of nitrogens with one attached hydrogen (secondary N) is 3. The van der Waals surface area contributed by atoms with Crippen LogP contribution in [0.5, 0.6) is 11.5 Å². The first-order valence-electron chi connectivity index (χ1n) is 7.37. The van der Waals surface area contributed by atoms with Crippen LogP contribution in [-0.2, 0) is 9.59 Å². The van der Waals surface area contributed by atoms with Crippen LogP contribution in [0.1, 0.15) is 30.1 Å². The second-order valence-electron chi connectivity index (χ2n) is 5.08. The van der Waals surface area contributed by atoms with Crippen LogP contribution in [0.3, 0.4) is 0 Å². The number of amides is 3. The number of methoxy groups -OCH3 is 1. The normalized spacial score (nSPS) is 13.0. The molecule has 0 aromatic heterocycles. The van der Waals surface area contributed by atoms with Gasteiger partial charge in [-0.1, -0.05) is 11.6 Å². The summed E-state index contributed by atoms with van der Waals surface area (Å²) in [6.07, 6.45) is 1.71. The summed E-state index contributed by atoms with van der Waals surface area (Å²) >= 11 is 6.08. The van der Waals surface area contributed by atoms with Crippen molar-refractivity contribution in [3.63, 3.8) is 0 Å². The number of benzene rings is 1. The molecule has 1 fully saturated rings. The van der Waals surface area contributed by atoms with Crippen LogP contribution in [0.2, 0.25) is 5.02 Å². The lowest BCUT2D eigenvalue weighted by molar-refractivity contribution is -0.139. The number of carbonyl (C=O) groups is 3. The van der Waals surface area contributed by atoms with E-state index in [1.807, 2.05) is 5.43 Å². The second kappa shape index (κ2) is 7.87. The van der Waals surface area contributed by atoms with Crippen molar-refractivity contribution < 1.29 is 23.9 Å². The average Bonchev–Trinajstić information content (AvgIpc) is 3.37. The summed E-state index contributed by atoms with van der Waals surface area (Å²) in [6.45, 7) is 2.17. The molecule has 1 saturated carbocycles. The molecule has 1 aliphatic carbocycles. The molecular formula is C15H18ClN3O5. The lowest BCUT2D eigenvalue weighted by atomic mass is 10.2. The molecule has 3 N–H and O–H groups in total. The first-order valence-corrected chi connectivity index (χ1v) is 7.75. The molecule has 0 spiro atoms. The van der Waals surface area contributed by atoms with Crippen molar-refractivity contribution in [2.45, 2.75) is 25.8 Å². The molecule has 3 amide bonds. The van der Waals surface area contributed by atoms with Crippen molar-refractivity contribution >= 4 is 29.3 Å². The Hall–Kier alpha value is -2.48. The van der Waals surface area contributed by atoms with Gasteiger partial charge in [0.1, 0.15) is 0 Å². The van der Waals surface area contributed by atoms with Gasteiger partial charge in [-0.15, -0.1) is 0 Å². The number of carbonyl (C=O) groups excluding carboxylic acids is 3. The van der Waals surface area contributed by atoms with Crippen LogP contribution >= 0.6 is 11.6 Å². The van der Waals surface area contributed by atoms with Crippen LogP contribution in [0, 0.1) is 0 Å². The number of rotatable bonds is 5. The van der Waals surface area contributed by atoms with E-state index in [-0.39, 0.29) is 22.4 Å². The number of ether oxygens (including phenoxy) is 2. The maximum Gasteiger partial charge on any atom is 0.327 e. The molecule has 0 heterocycles. The van der Waals surface area contributed by atoms with E-state index in [2.05, 4.69) is 10.7 Å². The third-order valence-corrected chi connectivity index (χ3v) is 3.47. The maximum atomic E-state index is 12.1. The number of hydrazine groups is 1. The third kappa shape index (κ3) is 4.51. The van der Waals surface area contributed by atoms with Crippen LogP contribution in [0.25, 0.3) is 0 Å². The van der Waals surface area contributed by atoms with Crippen molar-refractivity contribution in [2.24, 2.45) is 0 Å². The molecule has 0 bridgehead atoms. The van der Waals surface area contributed by atoms with E-state index in [0.29, 0.717) is 12.4 Å². The molecule has 2 rings (SSSR count). The molecule has 9 heteroatoms. The topological polar surface area (TPSA) is 106 Å². The first-order chi connectivity index (χ1) is 11.5. The zero-order valence-electron chi connectivity index (χ0n) is 13.3. The standard InChI is InChI=1S/C15H18ClN3O5/c1-3-24-12-10(16)6-8(7-11(12)23-2)13(20)18-19-15(22)14(21)17-9-4-5-9/h6-7,9H,3-5H2,1-2H3,(H,17,21)(H,18,20)(H,19,22). The molecular weight excluding hydrogens is 338 g/mol. The molecule has 24 heavy (non-hydrogen) atoms. The van der Waals surface area contributed by atoms with Gasteiger partial charge in [0.2, 0.25) is 0 Å². The van der Waals surface area contributed by atoms with Gasteiger partial charge in [0.15, 0.2) is 11.5 Å². The third-order valence-electron chi connectivity index (χ3n) is 3.19. The molecule has 1 aromatic rings. The summed E-state index contributed by atoms with van der Waals surface area (Å²) in [6, 6.07) is 2.84. The molecule has 0 saturated heterocycles. The lowest BCUT2D eigenvalue weighted by Gasteiger charge is -2.13. The summed E-state index contributed by atoms with van der Waals surface area (Å²) in [5, 5.41) is 2.70. The fourth-order valence-corrected chi connectivity index (χ4v) is 2.12. The van der Waals surface area contributed by atoms with E-state index in [1.54, 1.807) is 6.92 Å². The van der Waals surface area contributed by atoms with E-state index >= 15 is 0 Å². The van der Waals surface area contributed by atoms with Gasteiger partial charge in [-0.05, 0) is 31.9 Å². The zero-order valence-corrected chi connectivity index (χ0v) is 14.0. The van der Waals surface area contributed by atoms with Crippen LogP contribution < -0.4 is 25.6 Å². The van der Waals surface area contributed by atoms with Crippen molar-refractivity contribution in [2.75, 3.05) is 13.7 Å². The molecule has 1 aromatic carbocycles. The average molecular weight is 356 g/mol. The quantitative estimate of drug-likeness (QED) is 0.535. The Morgan fingerprint density at radius 3 is 2.50 bits per heavy atom. The smallest absolute Gasteiger partial charge is 0.327 e. The van der Waals surface area contributed by atoms with Gasteiger partial charge in [0, 0.05) is 11.6 Å². The Morgan fingerprint density at radius 2 is 1.92 bits per heavy atom. The summed E-state index contributed by atoms with van der Waals surface area (Å²) in [4.78, 5) is 35.1. The maximum absolute atomic E-state index is 12.1. The minimum Gasteiger partial charge on any atom is -0.493 e. The number of halogens is 1. The van der Waals surface area contributed by atoms with E-state index in [4.69, 9.17) is 21.1 Å². The Bertz CT molecular complexity index is 661. The molecule has 130 valence electrons. The Labute approximate surface area is 143 Å². The fraction of sp³-hybridized carbons (Fsp3) is 0.400. The van der Waals surface area contributed by atoms with Crippen LogP contribution in [-0.4, -0.2) is 37.5 Å². The summed E-state index contributed by atoms with van der Waals surface area (Å²) < 4.78 is 10.5. The number of hydrogen-bond acceptors (Lipinski definition) is 5. The molecule has 0 atom stereocenters. The van der Waals surface area contributed by atoms with Crippen LogP contribution in [0.4, 0.5) is 0 Å². The Kier molecular flexibility index (Phi) is 5.86. The molecule has 8 nitrogen and oxygen atoms in total. The highest BCUT2D eigenvalue weighted by atomic mass is 35.5. The zero-order chi connectivity index (χ0) is 17.7. The van der Waals surface area contributed by atoms with Crippen molar-refractivity contribution in [3.05, 3.63) is 22.7 Å². The van der Waals surface area contributed by atoms with E-state index in [9.17, 15) is 14.4 Å². The highest BCUT2D eigenvalue weighted by Gasteiger charge is 2.26. The Balaban J connectivity index is 1.99. The van der Waals surface area contributed by atoms with E-state index < -0.39 is 17.7 Å². The van der Waals surface area contributed by atoms with Crippen molar-refractivity contribution in [3.8, 4) is 11.5 Å². The summed E-state index contributed by atoms with van der Waals surface area (Å²) in [7, 11) is 1.42. The summed E-state index contributed by atoms with van der Waals surface area (Å²) in [5.74, 6) is -1.77. The minimum atomic E-state index is -0.945. The van der Waals surface area contributed by atoms with Gasteiger partial charge in [0.05, 0.1) is 18.7 Å². The van der Waals surface area contributed by atoms with Crippen molar-refractivity contribution in [1.29, 1.82) is 0 Å². The number of hydrogen-bond donors (Lipinski definition) is 3. The highest BCUT2D eigenvalue weighted by molar-refractivity contribution is 6.35. The SMILES string of the molecule is CCOc1c(Cl)cc(C(=O)NNC(=O)C(=O)NC2CC2)cc1OC. The van der Waals surface area contributed by atoms with Gasteiger partial charge in [-0.2, -0.15) is 0 Å². The predicted octanol–water partition coefficient (Wildman–Crippen LogP) is 0.787. The van der Waals surface area contributed by atoms with Crippen molar-refractivity contribution in [1.82, 2.24) is 16.2 Å². The van der Waals surface area contributed by atoms with Gasteiger partial charge in [-0.3, -0.25) is 25.2 Å². The highest BCUT2D eigenvalue weighted by Crippen LogP contribution is 2.36. The first kappa shape index (κ1) is 17.9. The van der Waals surface area contributed by atoms with Gasteiger partial charge in [-0.25, -0.2) is 0 Å².